The number of halogens is 1. The highest BCUT2D eigenvalue weighted by molar-refractivity contribution is 5.98. The van der Waals surface area contributed by atoms with Crippen LogP contribution in [0.1, 0.15) is 33.6 Å². The van der Waals surface area contributed by atoms with Crippen LogP contribution in [0.4, 0.5) is 4.39 Å². The number of benzene rings is 2. The Bertz CT molecular complexity index is 1020. The van der Waals surface area contributed by atoms with Crippen LogP contribution < -0.4 is 5.32 Å². The van der Waals surface area contributed by atoms with Crippen molar-refractivity contribution in [3.63, 3.8) is 0 Å². The summed E-state index contributed by atoms with van der Waals surface area (Å²) < 4.78 is 24.4. The lowest BCUT2D eigenvalue weighted by Crippen LogP contribution is -2.60. The van der Waals surface area contributed by atoms with Gasteiger partial charge in [-0.3, -0.25) is 19.3 Å². The van der Waals surface area contributed by atoms with Crippen molar-refractivity contribution in [2.75, 3.05) is 40.0 Å². The fourth-order valence-corrected chi connectivity index (χ4v) is 4.52. The first-order valence-corrected chi connectivity index (χ1v) is 11.3. The average molecular weight is 470 g/mol. The zero-order chi connectivity index (χ0) is 24.1. The highest BCUT2D eigenvalue weighted by Crippen LogP contribution is 2.38. The number of nitrogens with zero attached hydrogens (tertiary/aromatic N) is 2. The zero-order valence-electron chi connectivity index (χ0n) is 19.0. The van der Waals surface area contributed by atoms with Gasteiger partial charge in [-0.25, -0.2) is 4.39 Å². The van der Waals surface area contributed by atoms with E-state index in [1.165, 1.54) is 24.3 Å². The van der Waals surface area contributed by atoms with Gasteiger partial charge in [0.25, 0.3) is 11.8 Å². The van der Waals surface area contributed by atoms with Crippen molar-refractivity contribution >= 4 is 17.7 Å². The normalized spacial score (nSPS) is 19.3. The highest BCUT2D eigenvalue weighted by Gasteiger charge is 2.54. The second-order valence-electron chi connectivity index (χ2n) is 8.40. The van der Waals surface area contributed by atoms with Crippen LogP contribution in [0.3, 0.4) is 0 Å². The quantitative estimate of drug-likeness (QED) is 0.655. The molecule has 2 aliphatic rings. The van der Waals surface area contributed by atoms with Crippen molar-refractivity contribution in [2.45, 2.75) is 24.6 Å². The standard InChI is InChI=1S/C25H28FN3O5/c1-33-16-13-27-22(30)21-17-34-25(29(21)24(32)18-5-3-2-4-6-18)11-14-28(15-12-25)23(31)19-7-9-20(26)10-8-19/h2-10,21H,11-17H2,1H3,(H,27,30)/t21-/m0/s1. The lowest BCUT2D eigenvalue weighted by molar-refractivity contribution is -0.128. The molecule has 2 aromatic rings. The van der Waals surface area contributed by atoms with E-state index in [2.05, 4.69) is 5.32 Å². The van der Waals surface area contributed by atoms with Crippen LogP contribution in [0, 0.1) is 5.82 Å². The smallest absolute Gasteiger partial charge is 0.256 e. The maximum absolute atomic E-state index is 13.6. The molecule has 1 atom stereocenters. The minimum absolute atomic E-state index is 0.0727. The van der Waals surface area contributed by atoms with Gasteiger partial charge >= 0.3 is 0 Å². The number of methoxy groups -OCH3 is 1. The van der Waals surface area contributed by atoms with Crippen molar-refractivity contribution in [1.82, 2.24) is 15.1 Å². The maximum atomic E-state index is 13.6. The lowest BCUT2D eigenvalue weighted by atomic mass is 9.96. The Morgan fingerprint density at radius 2 is 1.68 bits per heavy atom. The zero-order valence-corrected chi connectivity index (χ0v) is 19.0. The van der Waals surface area contributed by atoms with Crippen molar-refractivity contribution in [3.05, 3.63) is 71.5 Å². The lowest BCUT2D eigenvalue weighted by Gasteiger charge is -2.44. The van der Waals surface area contributed by atoms with E-state index in [4.69, 9.17) is 9.47 Å². The summed E-state index contributed by atoms with van der Waals surface area (Å²) in [7, 11) is 1.55. The molecule has 0 radical (unpaired) electrons. The average Bonchev–Trinajstić information content (AvgIpc) is 3.23. The van der Waals surface area contributed by atoms with E-state index < -0.39 is 17.6 Å². The molecule has 1 spiro atoms. The van der Waals surface area contributed by atoms with Gasteiger partial charge in [0, 0.05) is 50.7 Å². The summed E-state index contributed by atoms with van der Waals surface area (Å²) in [6.07, 6.45) is 0.723. The van der Waals surface area contributed by atoms with Crippen LogP contribution in [0.2, 0.25) is 0 Å². The molecule has 0 saturated carbocycles. The minimum atomic E-state index is -0.990. The van der Waals surface area contributed by atoms with Crippen LogP contribution in [0.5, 0.6) is 0 Å². The summed E-state index contributed by atoms with van der Waals surface area (Å²) in [6.45, 7) is 1.44. The molecule has 9 heteroatoms. The fourth-order valence-electron chi connectivity index (χ4n) is 4.52. The van der Waals surface area contributed by atoms with Crippen LogP contribution >= 0.6 is 0 Å². The molecule has 0 aliphatic carbocycles. The van der Waals surface area contributed by atoms with E-state index in [1.807, 2.05) is 6.07 Å². The number of nitrogens with one attached hydrogen (secondary N) is 1. The number of hydrogen-bond donors (Lipinski definition) is 1. The SMILES string of the molecule is COCCNC(=O)[C@@H]1COC2(CCN(C(=O)c3ccc(F)cc3)CC2)N1C(=O)c1ccccc1. The Balaban J connectivity index is 1.53. The number of piperidine rings is 1. The van der Waals surface area contributed by atoms with Crippen LogP contribution in [0.15, 0.2) is 54.6 Å². The van der Waals surface area contributed by atoms with E-state index in [0.29, 0.717) is 50.2 Å². The minimum Gasteiger partial charge on any atom is -0.383 e. The molecule has 34 heavy (non-hydrogen) atoms. The van der Waals surface area contributed by atoms with E-state index >= 15 is 0 Å². The van der Waals surface area contributed by atoms with Gasteiger partial charge in [-0.2, -0.15) is 0 Å². The third kappa shape index (κ3) is 4.80. The molecule has 1 N–H and O–H groups in total. The first kappa shape index (κ1) is 23.8. The van der Waals surface area contributed by atoms with E-state index in [0.717, 1.165) is 0 Å². The van der Waals surface area contributed by atoms with Crippen LogP contribution in [-0.4, -0.2) is 79.2 Å². The Kier molecular flexibility index (Phi) is 7.23. The van der Waals surface area contributed by atoms with Gasteiger partial charge in [-0.05, 0) is 36.4 Å². The summed E-state index contributed by atoms with van der Waals surface area (Å²) >= 11 is 0. The summed E-state index contributed by atoms with van der Waals surface area (Å²) in [4.78, 5) is 42.6. The molecule has 2 aromatic carbocycles. The van der Waals surface area contributed by atoms with Gasteiger partial charge < -0.3 is 19.7 Å². The predicted octanol–water partition coefficient (Wildman–Crippen LogP) is 2.06. The van der Waals surface area contributed by atoms with E-state index in [1.54, 1.807) is 41.2 Å². The molecule has 180 valence electrons. The molecule has 0 bridgehead atoms. The Morgan fingerprint density at radius 3 is 2.32 bits per heavy atom. The van der Waals surface area contributed by atoms with Gasteiger partial charge in [-0.1, -0.05) is 18.2 Å². The molecular formula is C25H28FN3O5. The van der Waals surface area contributed by atoms with Crippen molar-refractivity contribution in [1.29, 1.82) is 0 Å². The Morgan fingerprint density at radius 1 is 1.03 bits per heavy atom. The van der Waals surface area contributed by atoms with Gasteiger partial charge in [-0.15, -0.1) is 0 Å². The van der Waals surface area contributed by atoms with E-state index in [9.17, 15) is 18.8 Å². The fraction of sp³-hybridized carbons (Fsp3) is 0.400. The third-order valence-corrected chi connectivity index (χ3v) is 6.33. The molecule has 3 amide bonds. The monoisotopic (exact) mass is 469 g/mol. The summed E-state index contributed by atoms with van der Waals surface area (Å²) in [5, 5.41) is 2.80. The van der Waals surface area contributed by atoms with Gasteiger partial charge in [0.15, 0.2) is 0 Å². The van der Waals surface area contributed by atoms with Crippen molar-refractivity contribution < 1.29 is 28.2 Å². The molecular weight excluding hydrogens is 441 g/mol. The molecule has 4 rings (SSSR count). The van der Waals surface area contributed by atoms with Gasteiger partial charge in [0.05, 0.1) is 13.2 Å². The van der Waals surface area contributed by atoms with E-state index in [-0.39, 0.29) is 24.3 Å². The van der Waals surface area contributed by atoms with Crippen LogP contribution in [-0.2, 0) is 14.3 Å². The molecule has 2 aliphatic heterocycles. The van der Waals surface area contributed by atoms with Crippen molar-refractivity contribution in [2.24, 2.45) is 0 Å². The van der Waals surface area contributed by atoms with Crippen LogP contribution in [0.25, 0.3) is 0 Å². The number of amides is 3. The first-order valence-electron chi connectivity index (χ1n) is 11.3. The molecule has 2 saturated heterocycles. The van der Waals surface area contributed by atoms with Gasteiger partial charge in [0.1, 0.15) is 17.6 Å². The summed E-state index contributed by atoms with van der Waals surface area (Å²) in [5.41, 5.74) is -0.125. The topological polar surface area (TPSA) is 88.2 Å². The largest absolute Gasteiger partial charge is 0.383 e. The first-order chi connectivity index (χ1) is 16.4. The predicted molar refractivity (Wildman–Crippen MR) is 122 cm³/mol. The number of hydrogen-bond acceptors (Lipinski definition) is 5. The highest BCUT2D eigenvalue weighted by atomic mass is 19.1. The number of rotatable bonds is 6. The number of carbonyl (C=O) groups excluding carboxylic acids is 3. The number of likely N-dealkylation sites (tertiary alicyclic amines) is 1. The maximum Gasteiger partial charge on any atom is 0.256 e. The Labute approximate surface area is 197 Å². The molecule has 0 aromatic heterocycles. The summed E-state index contributed by atoms with van der Waals surface area (Å²) in [6, 6.07) is 13.4. The molecule has 8 nitrogen and oxygen atoms in total. The third-order valence-electron chi connectivity index (χ3n) is 6.33. The Hall–Kier alpha value is -3.30. The molecule has 0 unspecified atom stereocenters. The van der Waals surface area contributed by atoms with Gasteiger partial charge in [0.2, 0.25) is 5.91 Å². The second kappa shape index (κ2) is 10.3. The second-order valence-corrected chi connectivity index (χ2v) is 8.40. The number of carbonyl (C=O) groups is 3. The summed E-state index contributed by atoms with van der Waals surface area (Å²) in [5.74, 6) is -1.20. The molecule has 2 heterocycles. The van der Waals surface area contributed by atoms with Crippen molar-refractivity contribution in [3.8, 4) is 0 Å². The number of ether oxygens (including phenoxy) is 2. The molecule has 2 fully saturated rings.